The van der Waals surface area contributed by atoms with Crippen molar-refractivity contribution in [1.29, 1.82) is 0 Å². The number of benzene rings is 1. The minimum Gasteiger partial charge on any atom is -0.492 e. The van der Waals surface area contributed by atoms with E-state index in [9.17, 15) is 4.79 Å². The zero-order valence-electron chi connectivity index (χ0n) is 11.7. The van der Waals surface area contributed by atoms with E-state index in [0.717, 1.165) is 0 Å². The molecule has 106 valence electrons. The molecule has 5 heteroatoms. The van der Waals surface area contributed by atoms with Gasteiger partial charge in [-0.2, -0.15) is 0 Å². The number of rotatable bonds is 7. The quantitative estimate of drug-likeness (QED) is 0.738. The van der Waals surface area contributed by atoms with E-state index in [2.05, 4.69) is 5.32 Å². The van der Waals surface area contributed by atoms with E-state index in [1.54, 1.807) is 18.2 Å². The molecule has 3 N–H and O–H groups in total. The SMILES string of the molecule is CCOc1ccc(C(=O)NCC(C)OCC)cc1N. The van der Waals surface area contributed by atoms with Crippen LogP contribution in [0.15, 0.2) is 18.2 Å². The number of nitrogens with two attached hydrogens (primary N) is 1. The van der Waals surface area contributed by atoms with Crippen LogP contribution in [-0.2, 0) is 4.74 Å². The summed E-state index contributed by atoms with van der Waals surface area (Å²) in [5, 5.41) is 2.80. The van der Waals surface area contributed by atoms with E-state index in [-0.39, 0.29) is 12.0 Å². The molecule has 1 amide bonds. The van der Waals surface area contributed by atoms with Crippen LogP contribution in [0.4, 0.5) is 5.69 Å². The number of carbonyl (C=O) groups excluding carboxylic acids is 1. The van der Waals surface area contributed by atoms with Gasteiger partial charge in [0.05, 0.1) is 18.4 Å². The molecule has 0 aliphatic carbocycles. The van der Waals surface area contributed by atoms with Crippen molar-refractivity contribution in [2.75, 3.05) is 25.5 Å². The topological polar surface area (TPSA) is 73.6 Å². The number of nitrogens with one attached hydrogen (secondary N) is 1. The van der Waals surface area contributed by atoms with Gasteiger partial charge >= 0.3 is 0 Å². The van der Waals surface area contributed by atoms with Gasteiger partial charge in [0, 0.05) is 18.7 Å². The molecule has 0 spiro atoms. The lowest BCUT2D eigenvalue weighted by atomic mass is 10.1. The fourth-order valence-electron chi connectivity index (χ4n) is 1.66. The summed E-state index contributed by atoms with van der Waals surface area (Å²) >= 11 is 0. The Balaban J connectivity index is 2.60. The molecule has 0 radical (unpaired) electrons. The molecule has 0 aliphatic rings. The Bertz CT molecular complexity index is 421. The Morgan fingerprint density at radius 1 is 1.37 bits per heavy atom. The van der Waals surface area contributed by atoms with Crippen molar-refractivity contribution >= 4 is 11.6 Å². The van der Waals surface area contributed by atoms with Gasteiger partial charge in [0.2, 0.25) is 0 Å². The number of ether oxygens (including phenoxy) is 2. The van der Waals surface area contributed by atoms with Crippen molar-refractivity contribution < 1.29 is 14.3 Å². The molecule has 0 bridgehead atoms. The smallest absolute Gasteiger partial charge is 0.251 e. The summed E-state index contributed by atoms with van der Waals surface area (Å²) in [5.41, 5.74) is 6.80. The molecular weight excluding hydrogens is 244 g/mol. The van der Waals surface area contributed by atoms with Crippen LogP contribution in [0.1, 0.15) is 31.1 Å². The van der Waals surface area contributed by atoms with Gasteiger partial charge in [-0.05, 0) is 39.0 Å². The molecule has 0 aromatic heterocycles. The highest BCUT2D eigenvalue weighted by Crippen LogP contribution is 2.22. The highest BCUT2D eigenvalue weighted by atomic mass is 16.5. The summed E-state index contributed by atoms with van der Waals surface area (Å²) in [6, 6.07) is 5.02. The number of amides is 1. The van der Waals surface area contributed by atoms with Crippen molar-refractivity contribution in [3.63, 3.8) is 0 Å². The first kappa shape index (κ1) is 15.3. The van der Waals surface area contributed by atoms with Crippen LogP contribution in [0.2, 0.25) is 0 Å². The Hall–Kier alpha value is -1.75. The van der Waals surface area contributed by atoms with E-state index in [1.807, 2.05) is 20.8 Å². The van der Waals surface area contributed by atoms with E-state index in [0.29, 0.717) is 36.8 Å². The molecule has 1 aromatic rings. The van der Waals surface area contributed by atoms with Gasteiger partial charge in [-0.3, -0.25) is 4.79 Å². The Morgan fingerprint density at radius 2 is 2.11 bits per heavy atom. The second kappa shape index (κ2) is 7.63. The Labute approximate surface area is 114 Å². The van der Waals surface area contributed by atoms with Crippen molar-refractivity contribution in [3.05, 3.63) is 23.8 Å². The zero-order chi connectivity index (χ0) is 14.3. The first-order valence-corrected chi connectivity index (χ1v) is 6.50. The summed E-state index contributed by atoms with van der Waals surface area (Å²) in [7, 11) is 0. The number of anilines is 1. The average molecular weight is 266 g/mol. The third-order valence-electron chi connectivity index (χ3n) is 2.57. The second-order valence-electron chi connectivity index (χ2n) is 4.16. The molecule has 0 heterocycles. The normalized spacial score (nSPS) is 11.9. The Kier molecular flexibility index (Phi) is 6.15. The fraction of sp³-hybridized carbons (Fsp3) is 0.500. The summed E-state index contributed by atoms with van der Waals surface area (Å²) < 4.78 is 10.7. The van der Waals surface area contributed by atoms with Gasteiger partial charge in [0.1, 0.15) is 5.75 Å². The van der Waals surface area contributed by atoms with Crippen molar-refractivity contribution in [1.82, 2.24) is 5.32 Å². The highest BCUT2D eigenvalue weighted by Gasteiger charge is 2.10. The van der Waals surface area contributed by atoms with Crippen molar-refractivity contribution in [2.45, 2.75) is 26.9 Å². The first-order valence-electron chi connectivity index (χ1n) is 6.50. The van der Waals surface area contributed by atoms with Gasteiger partial charge < -0.3 is 20.5 Å². The lowest BCUT2D eigenvalue weighted by molar-refractivity contribution is 0.0695. The molecule has 1 rings (SSSR count). The first-order chi connectivity index (χ1) is 9.08. The minimum atomic E-state index is -0.165. The van der Waals surface area contributed by atoms with Crippen LogP contribution in [0.5, 0.6) is 5.75 Å². The van der Waals surface area contributed by atoms with Crippen molar-refractivity contribution in [3.8, 4) is 5.75 Å². The standard InChI is InChI=1S/C14H22N2O3/c1-4-18-10(3)9-16-14(17)11-6-7-13(19-5-2)12(15)8-11/h6-8,10H,4-5,9,15H2,1-3H3,(H,16,17). The molecule has 5 nitrogen and oxygen atoms in total. The average Bonchev–Trinajstić information content (AvgIpc) is 2.39. The minimum absolute atomic E-state index is 0.00556. The molecule has 0 saturated carbocycles. The maximum atomic E-state index is 11.9. The van der Waals surface area contributed by atoms with E-state index in [1.165, 1.54) is 0 Å². The molecular formula is C14H22N2O3. The van der Waals surface area contributed by atoms with Gasteiger partial charge in [0.25, 0.3) is 5.91 Å². The predicted octanol–water partition coefficient (Wildman–Crippen LogP) is 1.82. The Morgan fingerprint density at radius 3 is 2.68 bits per heavy atom. The zero-order valence-corrected chi connectivity index (χ0v) is 11.7. The summed E-state index contributed by atoms with van der Waals surface area (Å²) in [6.45, 7) is 7.37. The summed E-state index contributed by atoms with van der Waals surface area (Å²) in [6.07, 6.45) is -0.00556. The molecule has 1 atom stereocenters. The van der Waals surface area contributed by atoms with Crippen LogP contribution in [0.25, 0.3) is 0 Å². The monoisotopic (exact) mass is 266 g/mol. The fourth-order valence-corrected chi connectivity index (χ4v) is 1.66. The van der Waals surface area contributed by atoms with Gasteiger partial charge in [0.15, 0.2) is 0 Å². The summed E-state index contributed by atoms with van der Waals surface area (Å²) in [4.78, 5) is 11.9. The van der Waals surface area contributed by atoms with E-state index < -0.39 is 0 Å². The van der Waals surface area contributed by atoms with Gasteiger partial charge in [-0.25, -0.2) is 0 Å². The number of hydrogen-bond donors (Lipinski definition) is 2. The third-order valence-corrected chi connectivity index (χ3v) is 2.57. The van der Waals surface area contributed by atoms with E-state index in [4.69, 9.17) is 15.2 Å². The highest BCUT2D eigenvalue weighted by molar-refractivity contribution is 5.95. The number of carbonyl (C=O) groups is 1. The largest absolute Gasteiger partial charge is 0.492 e. The maximum absolute atomic E-state index is 11.9. The van der Waals surface area contributed by atoms with Crippen LogP contribution in [-0.4, -0.2) is 31.8 Å². The molecule has 1 unspecified atom stereocenters. The number of nitrogen functional groups attached to an aromatic ring is 1. The maximum Gasteiger partial charge on any atom is 0.251 e. The lowest BCUT2D eigenvalue weighted by Crippen LogP contribution is -2.32. The lowest BCUT2D eigenvalue weighted by Gasteiger charge is -2.13. The van der Waals surface area contributed by atoms with Crippen molar-refractivity contribution in [2.24, 2.45) is 0 Å². The predicted molar refractivity (Wildman–Crippen MR) is 75.4 cm³/mol. The molecule has 0 aliphatic heterocycles. The molecule has 1 aromatic carbocycles. The molecule has 0 fully saturated rings. The van der Waals surface area contributed by atoms with E-state index >= 15 is 0 Å². The molecule has 0 saturated heterocycles. The summed E-state index contributed by atoms with van der Waals surface area (Å²) in [5.74, 6) is 0.433. The van der Waals surface area contributed by atoms with Crippen LogP contribution >= 0.6 is 0 Å². The van der Waals surface area contributed by atoms with Crippen LogP contribution in [0.3, 0.4) is 0 Å². The third kappa shape index (κ3) is 4.79. The van der Waals surface area contributed by atoms with Crippen LogP contribution < -0.4 is 15.8 Å². The number of hydrogen-bond acceptors (Lipinski definition) is 4. The van der Waals surface area contributed by atoms with Gasteiger partial charge in [-0.15, -0.1) is 0 Å². The molecule has 19 heavy (non-hydrogen) atoms. The van der Waals surface area contributed by atoms with Gasteiger partial charge in [-0.1, -0.05) is 0 Å². The second-order valence-corrected chi connectivity index (χ2v) is 4.16. The van der Waals surface area contributed by atoms with Crippen LogP contribution in [0, 0.1) is 0 Å².